The first-order valence-electron chi connectivity index (χ1n) is 4.06. The van der Waals surface area contributed by atoms with Crippen LogP contribution in [0.3, 0.4) is 0 Å². The third kappa shape index (κ3) is 1.65. The van der Waals surface area contributed by atoms with Gasteiger partial charge in [-0.2, -0.15) is 0 Å². The summed E-state index contributed by atoms with van der Waals surface area (Å²) in [5.74, 6) is 1.54. The summed E-state index contributed by atoms with van der Waals surface area (Å²) in [6.45, 7) is 0. The average Bonchev–Trinajstić information content (AvgIpc) is 2.70. The molecule has 14 heavy (non-hydrogen) atoms. The van der Waals surface area contributed by atoms with Gasteiger partial charge in [-0.05, 0) is 34.1 Å². The van der Waals surface area contributed by atoms with Gasteiger partial charge in [0.1, 0.15) is 5.75 Å². The Bertz CT molecular complexity index is 426. The average molecular weight is 254 g/mol. The molecule has 4 heteroatoms. The van der Waals surface area contributed by atoms with Crippen LogP contribution >= 0.6 is 15.9 Å². The highest BCUT2D eigenvalue weighted by Crippen LogP contribution is 2.30. The molecule has 0 unspecified atom stereocenters. The highest BCUT2D eigenvalue weighted by atomic mass is 79.9. The number of benzene rings is 1. The standard InChI is InChI=1S/C10H8BrNO2/c1-13-10-3-2-7(6-8(10)11)9-4-5-12-14-9/h2-6H,1H3. The van der Waals surface area contributed by atoms with Crippen molar-refractivity contribution in [2.24, 2.45) is 0 Å². The maximum atomic E-state index is 5.12. The van der Waals surface area contributed by atoms with Crippen LogP contribution < -0.4 is 4.74 Å². The zero-order valence-corrected chi connectivity index (χ0v) is 9.11. The summed E-state index contributed by atoms with van der Waals surface area (Å²) in [6, 6.07) is 7.54. The summed E-state index contributed by atoms with van der Waals surface area (Å²) < 4.78 is 11.1. The van der Waals surface area contributed by atoms with Gasteiger partial charge in [-0.1, -0.05) is 5.16 Å². The van der Waals surface area contributed by atoms with Crippen molar-refractivity contribution in [3.63, 3.8) is 0 Å². The van der Waals surface area contributed by atoms with Gasteiger partial charge in [0.25, 0.3) is 0 Å². The molecule has 2 rings (SSSR count). The fourth-order valence-corrected chi connectivity index (χ4v) is 1.73. The lowest BCUT2D eigenvalue weighted by Gasteiger charge is -2.03. The molecule has 0 aliphatic rings. The molecule has 0 spiro atoms. The molecule has 0 aliphatic carbocycles. The third-order valence-electron chi connectivity index (χ3n) is 1.87. The number of methoxy groups -OCH3 is 1. The SMILES string of the molecule is COc1ccc(-c2ccno2)cc1Br. The maximum absolute atomic E-state index is 5.12. The Kier molecular flexibility index (Phi) is 2.54. The first kappa shape index (κ1) is 9.27. The first-order chi connectivity index (χ1) is 6.81. The molecule has 0 fully saturated rings. The van der Waals surface area contributed by atoms with Gasteiger partial charge < -0.3 is 9.26 Å². The van der Waals surface area contributed by atoms with Crippen molar-refractivity contribution in [2.75, 3.05) is 7.11 Å². The second-order valence-electron chi connectivity index (χ2n) is 2.73. The van der Waals surface area contributed by atoms with Crippen LogP contribution in [0.15, 0.2) is 39.5 Å². The minimum absolute atomic E-state index is 0.744. The predicted molar refractivity (Wildman–Crippen MR) is 56.2 cm³/mol. The molecule has 1 aromatic carbocycles. The quantitative estimate of drug-likeness (QED) is 0.825. The van der Waals surface area contributed by atoms with Crippen molar-refractivity contribution >= 4 is 15.9 Å². The Balaban J connectivity index is 2.43. The van der Waals surface area contributed by atoms with Crippen LogP contribution in [0.2, 0.25) is 0 Å². The molecule has 3 nitrogen and oxygen atoms in total. The molecular formula is C10H8BrNO2. The van der Waals surface area contributed by atoms with E-state index < -0.39 is 0 Å². The molecule has 0 N–H and O–H groups in total. The molecule has 0 radical (unpaired) electrons. The zero-order valence-electron chi connectivity index (χ0n) is 7.53. The number of halogens is 1. The highest BCUT2D eigenvalue weighted by Gasteiger charge is 2.05. The smallest absolute Gasteiger partial charge is 0.166 e. The largest absolute Gasteiger partial charge is 0.496 e. The van der Waals surface area contributed by atoms with Crippen LogP contribution in [0.25, 0.3) is 11.3 Å². The Morgan fingerprint density at radius 1 is 1.36 bits per heavy atom. The van der Waals surface area contributed by atoms with Crippen molar-refractivity contribution in [3.05, 3.63) is 34.9 Å². The number of ether oxygens (including phenoxy) is 1. The molecule has 0 atom stereocenters. The molecule has 1 heterocycles. The Morgan fingerprint density at radius 2 is 2.21 bits per heavy atom. The molecule has 0 amide bonds. The lowest BCUT2D eigenvalue weighted by Crippen LogP contribution is -1.84. The monoisotopic (exact) mass is 253 g/mol. The topological polar surface area (TPSA) is 35.3 Å². The predicted octanol–water partition coefficient (Wildman–Crippen LogP) is 3.11. The van der Waals surface area contributed by atoms with Crippen LogP contribution in [-0.2, 0) is 0 Å². The molecule has 0 saturated heterocycles. The number of aromatic nitrogens is 1. The van der Waals surface area contributed by atoms with Gasteiger partial charge in [-0.25, -0.2) is 0 Å². The summed E-state index contributed by atoms with van der Waals surface area (Å²) in [6.07, 6.45) is 1.62. The van der Waals surface area contributed by atoms with Crippen molar-refractivity contribution in [2.45, 2.75) is 0 Å². The van der Waals surface area contributed by atoms with Crippen LogP contribution in [0.4, 0.5) is 0 Å². The van der Waals surface area contributed by atoms with E-state index in [0.29, 0.717) is 0 Å². The van der Waals surface area contributed by atoms with E-state index in [1.807, 2.05) is 24.3 Å². The van der Waals surface area contributed by atoms with Gasteiger partial charge >= 0.3 is 0 Å². The first-order valence-corrected chi connectivity index (χ1v) is 4.85. The maximum Gasteiger partial charge on any atom is 0.166 e. The van der Waals surface area contributed by atoms with Crippen molar-refractivity contribution in [1.82, 2.24) is 5.16 Å². The molecule has 0 aliphatic heterocycles. The van der Waals surface area contributed by atoms with Gasteiger partial charge in [-0.3, -0.25) is 0 Å². The third-order valence-corrected chi connectivity index (χ3v) is 2.49. The van der Waals surface area contributed by atoms with Crippen LogP contribution in [-0.4, -0.2) is 12.3 Å². The Morgan fingerprint density at radius 3 is 2.79 bits per heavy atom. The number of rotatable bonds is 2. The minimum atomic E-state index is 0.744. The van der Waals surface area contributed by atoms with Crippen LogP contribution in [0, 0.1) is 0 Å². The number of hydrogen-bond donors (Lipinski definition) is 0. The Labute approximate surface area is 89.8 Å². The summed E-state index contributed by atoms with van der Waals surface area (Å²) in [5.41, 5.74) is 0.968. The summed E-state index contributed by atoms with van der Waals surface area (Å²) in [4.78, 5) is 0. The van der Waals surface area contributed by atoms with Gasteiger partial charge in [-0.15, -0.1) is 0 Å². The van der Waals surface area contributed by atoms with Crippen molar-refractivity contribution < 1.29 is 9.26 Å². The fraction of sp³-hybridized carbons (Fsp3) is 0.100. The lowest BCUT2D eigenvalue weighted by molar-refractivity contribution is 0.412. The van der Waals surface area contributed by atoms with Gasteiger partial charge in [0.05, 0.1) is 17.8 Å². The fourth-order valence-electron chi connectivity index (χ4n) is 1.18. The minimum Gasteiger partial charge on any atom is -0.496 e. The van der Waals surface area contributed by atoms with Crippen molar-refractivity contribution in [1.29, 1.82) is 0 Å². The molecule has 0 bridgehead atoms. The Hall–Kier alpha value is -1.29. The highest BCUT2D eigenvalue weighted by molar-refractivity contribution is 9.10. The number of hydrogen-bond acceptors (Lipinski definition) is 3. The van der Waals surface area contributed by atoms with E-state index in [-0.39, 0.29) is 0 Å². The molecule has 0 saturated carbocycles. The summed E-state index contributed by atoms with van der Waals surface area (Å²) in [5, 5.41) is 3.65. The van der Waals surface area contributed by atoms with Gasteiger partial charge in [0, 0.05) is 11.6 Å². The van der Waals surface area contributed by atoms with E-state index >= 15 is 0 Å². The van der Waals surface area contributed by atoms with E-state index in [1.165, 1.54) is 0 Å². The van der Waals surface area contributed by atoms with Gasteiger partial charge in [0.2, 0.25) is 0 Å². The van der Waals surface area contributed by atoms with E-state index in [9.17, 15) is 0 Å². The second kappa shape index (κ2) is 3.84. The summed E-state index contributed by atoms with van der Waals surface area (Å²) >= 11 is 3.41. The summed E-state index contributed by atoms with van der Waals surface area (Å²) in [7, 11) is 1.63. The second-order valence-corrected chi connectivity index (χ2v) is 3.58. The number of nitrogens with zero attached hydrogens (tertiary/aromatic N) is 1. The molecule has 72 valence electrons. The normalized spacial score (nSPS) is 10.1. The lowest BCUT2D eigenvalue weighted by atomic mass is 10.2. The van der Waals surface area contributed by atoms with Crippen LogP contribution in [0.5, 0.6) is 5.75 Å². The van der Waals surface area contributed by atoms with E-state index in [2.05, 4.69) is 21.1 Å². The zero-order chi connectivity index (χ0) is 9.97. The molecule has 2 aromatic rings. The van der Waals surface area contributed by atoms with Crippen LogP contribution in [0.1, 0.15) is 0 Å². The van der Waals surface area contributed by atoms with Crippen molar-refractivity contribution in [3.8, 4) is 17.1 Å². The van der Waals surface area contributed by atoms with E-state index in [1.54, 1.807) is 13.3 Å². The van der Waals surface area contributed by atoms with E-state index in [4.69, 9.17) is 9.26 Å². The van der Waals surface area contributed by atoms with E-state index in [0.717, 1.165) is 21.5 Å². The molecular weight excluding hydrogens is 246 g/mol. The molecule has 1 aromatic heterocycles. The van der Waals surface area contributed by atoms with Gasteiger partial charge in [0.15, 0.2) is 5.76 Å².